The van der Waals surface area contributed by atoms with Gasteiger partial charge >= 0.3 is 0 Å². The predicted molar refractivity (Wildman–Crippen MR) is 86.2 cm³/mol. The Morgan fingerprint density at radius 1 is 1.30 bits per heavy atom. The van der Waals surface area contributed by atoms with Crippen LogP contribution in [0.1, 0.15) is 26.0 Å². The van der Waals surface area contributed by atoms with Crippen LogP contribution in [-0.4, -0.2) is 23.0 Å². The summed E-state index contributed by atoms with van der Waals surface area (Å²) in [5, 5.41) is 6.57. The Morgan fingerprint density at radius 3 is 2.61 bits per heavy atom. The fourth-order valence-corrected chi connectivity index (χ4v) is 2.25. The Bertz CT molecular complexity index is 667. The number of nitrogens with one attached hydrogen (secondary N) is 1. The second kappa shape index (κ2) is 7.58. The highest BCUT2D eigenvalue weighted by Crippen LogP contribution is 2.19. The third-order valence-corrected chi connectivity index (χ3v) is 3.79. The molecular formula is C17H21N3O3. The number of hydrogen-bond donors (Lipinski definition) is 2. The van der Waals surface area contributed by atoms with E-state index in [1.165, 1.54) is 0 Å². The highest BCUT2D eigenvalue weighted by Gasteiger charge is 2.24. The number of hydrogen-bond acceptors (Lipinski definition) is 4. The molecule has 1 aromatic carbocycles. The highest BCUT2D eigenvalue weighted by molar-refractivity contribution is 5.87. The maximum atomic E-state index is 12.1. The minimum atomic E-state index is -0.673. The van der Waals surface area contributed by atoms with Crippen molar-refractivity contribution in [3.8, 4) is 11.3 Å². The molecule has 2 unspecified atom stereocenters. The molecule has 2 rings (SSSR count). The van der Waals surface area contributed by atoms with Crippen molar-refractivity contribution in [3.63, 3.8) is 0 Å². The van der Waals surface area contributed by atoms with Gasteiger partial charge in [-0.3, -0.25) is 9.59 Å². The number of benzene rings is 1. The lowest BCUT2D eigenvalue weighted by Gasteiger charge is -2.20. The lowest BCUT2D eigenvalue weighted by molar-refractivity contribution is -0.128. The van der Waals surface area contributed by atoms with E-state index in [-0.39, 0.29) is 18.2 Å². The number of carbonyl (C=O) groups excluding carboxylic acids is 2. The van der Waals surface area contributed by atoms with Gasteiger partial charge in [-0.2, -0.15) is 0 Å². The maximum Gasteiger partial charge on any atom is 0.240 e. The normalized spacial score (nSPS) is 13.3. The molecule has 3 N–H and O–H groups in total. The molecule has 0 spiro atoms. The van der Waals surface area contributed by atoms with Gasteiger partial charge in [-0.05, 0) is 5.92 Å². The summed E-state index contributed by atoms with van der Waals surface area (Å²) in [5.74, 6) is -0.254. The molecule has 2 atom stereocenters. The third kappa shape index (κ3) is 4.42. The average molecular weight is 315 g/mol. The van der Waals surface area contributed by atoms with Crippen LogP contribution in [0.25, 0.3) is 11.3 Å². The van der Waals surface area contributed by atoms with Crippen LogP contribution < -0.4 is 11.1 Å². The molecule has 0 saturated heterocycles. The van der Waals surface area contributed by atoms with Crippen LogP contribution >= 0.6 is 0 Å². The first kappa shape index (κ1) is 16.7. The highest BCUT2D eigenvalue weighted by atomic mass is 16.5. The second-order valence-electron chi connectivity index (χ2n) is 5.56. The van der Waals surface area contributed by atoms with Gasteiger partial charge in [0.15, 0.2) is 5.76 Å². The molecule has 0 bridgehead atoms. The van der Waals surface area contributed by atoms with Gasteiger partial charge in [0.1, 0.15) is 6.04 Å². The first-order valence-corrected chi connectivity index (χ1v) is 7.61. The number of nitrogens with two attached hydrogens (primary N) is 1. The lowest BCUT2D eigenvalue weighted by Crippen LogP contribution is -2.48. The van der Waals surface area contributed by atoms with E-state index in [1.54, 1.807) is 6.07 Å². The minimum absolute atomic E-state index is 0.0198. The summed E-state index contributed by atoms with van der Waals surface area (Å²) in [5.41, 5.74) is 6.75. The number of aromatic nitrogens is 1. The van der Waals surface area contributed by atoms with Crippen LogP contribution in [0, 0.1) is 5.92 Å². The zero-order valence-corrected chi connectivity index (χ0v) is 13.3. The van der Waals surface area contributed by atoms with Gasteiger partial charge in [0.05, 0.1) is 12.1 Å². The molecule has 0 fully saturated rings. The van der Waals surface area contributed by atoms with Crippen molar-refractivity contribution in [2.24, 2.45) is 11.7 Å². The molecule has 2 aromatic rings. The summed E-state index contributed by atoms with van der Waals surface area (Å²) in [7, 11) is 0. The monoisotopic (exact) mass is 315 g/mol. The fraction of sp³-hybridized carbons (Fsp3) is 0.353. The van der Waals surface area contributed by atoms with Crippen LogP contribution in [0.15, 0.2) is 40.9 Å². The Hall–Kier alpha value is -2.63. The first-order valence-electron chi connectivity index (χ1n) is 7.61. The Kier molecular flexibility index (Phi) is 5.51. The van der Waals surface area contributed by atoms with E-state index in [9.17, 15) is 9.59 Å². The molecule has 2 amide bonds. The maximum absolute atomic E-state index is 12.1. The van der Waals surface area contributed by atoms with E-state index < -0.39 is 11.9 Å². The molecule has 6 nitrogen and oxygen atoms in total. The van der Waals surface area contributed by atoms with Gasteiger partial charge in [-0.15, -0.1) is 0 Å². The zero-order valence-electron chi connectivity index (χ0n) is 13.3. The number of rotatable bonds is 7. The van der Waals surface area contributed by atoms with E-state index in [2.05, 4.69) is 10.5 Å². The van der Waals surface area contributed by atoms with Gasteiger partial charge in [0.25, 0.3) is 0 Å². The van der Waals surface area contributed by atoms with E-state index in [0.717, 1.165) is 12.0 Å². The van der Waals surface area contributed by atoms with E-state index in [4.69, 9.17) is 10.3 Å². The Morgan fingerprint density at radius 2 is 2.00 bits per heavy atom. The summed E-state index contributed by atoms with van der Waals surface area (Å²) in [4.78, 5) is 23.5. The summed E-state index contributed by atoms with van der Waals surface area (Å²) >= 11 is 0. The van der Waals surface area contributed by atoms with Gasteiger partial charge in [0, 0.05) is 11.6 Å². The van der Waals surface area contributed by atoms with Gasteiger partial charge in [-0.25, -0.2) is 0 Å². The smallest absolute Gasteiger partial charge is 0.240 e. The topological polar surface area (TPSA) is 98.2 Å². The number of amides is 2. The van der Waals surface area contributed by atoms with E-state index in [0.29, 0.717) is 11.5 Å². The largest absolute Gasteiger partial charge is 0.368 e. The molecule has 1 aromatic heterocycles. The van der Waals surface area contributed by atoms with E-state index in [1.807, 2.05) is 44.2 Å². The Balaban J connectivity index is 2.01. The van der Waals surface area contributed by atoms with Crippen molar-refractivity contribution >= 4 is 11.8 Å². The van der Waals surface area contributed by atoms with Gasteiger partial charge in [0.2, 0.25) is 11.8 Å². The summed E-state index contributed by atoms with van der Waals surface area (Å²) in [6.07, 6.45) is 0.784. The average Bonchev–Trinajstić information content (AvgIpc) is 3.01. The third-order valence-electron chi connectivity index (χ3n) is 3.79. The van der Waals surface area contributed by atoms with Gasteiger partial charge in [-0.1, -0.05) is 55.8 Å². The molecule has 0 radical (unpaired) electrons. The number of nitrogens with zero attached hydrogens (tertiary/aromatic N) is 1. The van der Waals surface area contributed by atoms with Crippen LogP contribution in [0.2, 0.25) is 0 Å². The van der Waals surface area contributed by atoms with Crippen molar-refractivity contribution < 1.29 is 14.1 Å². The summed E-state index contributed by atoms with van der Waals surface area (Å²) < 4.78 is 5.25. The molecular weight excluding hydrogens is 294 g/mol. The molecule has 0 aliphatic heterocycles. The molecule has 6 heteroatoms. The van der Waals surface area contributed by atoms with Crippen LogP contribution in [-0.2, 0) is 16.0 Å². The summed E-state index contributed by atoms with van der Waals surface area (Å²) in [6.45, 7) is 3.82. The quantitative estimate of drug-likeness (QED) is 0.815. The van der Waals surface area contributed by atoms with Crippen molar-refractivity contribution in [2.45, 2.75) is 32.7 Å². The molecule has 1 heterocycles. The van der Waals surface area contributed by atoms with Crippen molar-refractivity contribution in [1.29, 1.82) is 0 Å². The number of carbonyl (C=O) groups is 2. The minimum Gasteiger partial charge on any atom is -0.368 e. The first-order chi connectivity index (χ1) is 11.0. The van der Waals surface area contributed by atoms with E-state index >= 15 is 0 Å². The van der Waals surface area contributed by atoms with Crippen LogP contribution in [0.3, 0.4) is 0 Å². The lowest BCUT2D eigenvalue weighted by atomic mass is 9.98. The van der Waals surface area contributed by atoms with Crippen molar-refractivity contribution in [3.05, 3.63) is 42.1 Å². The zero-order chi connectivity index (χ0) is 16.8. The molecule has 0 aliphatic rings. The standard InChI is InChI=1S/C17H21N3O3/c1-3-11(2)16(17(18)22)19-15(21)10-13-9-14(23-20-13)12-7-5-4-6-8-12/h4-9,11,16H,3,10H2,1-2H3,(H2,18,22)(H,19,21). The van der Waals surface area contributed by atoms with Crippen molar-refractivity contribution in [1.82, 2.24) is 10.5 Å². The molecule has 0 saturated carbocycles. The van der Waals surface area contributed by atoms with Gasteiger partial charge < -0.3 is 15.6 Å². The Labute approximate surface area is 135 Å². The second-order valence-corrected chi connectivity index (χ2v) is 5.56. The van der Waals surface area contributed by atoms with Crippen LogP contribution in [0.5, 0.6) is 0 Å². The number of primary amides is 1. The fourth-order valence-electron chi connectivity index (χ4n) is 2.25. The predicted octanol–water partition coefficient (Wildman–Crippen LogP) is 1.90. The molecule has 0 aliphatic carbocycles. The summed E-state index contributed by atoms with van der Waals surface area (Å²) in [6, 6.07) is 10.5. The molecule has 122 valence electrons. The SMILES string of the molecule is CCC(C)C(NC(=O)Cc1cc(-c2ccccc2)on1)C(N)=O. The van der Waals surface area contributed by atoms with Crippen LogP contribution in [0.4, 0.5) is 0 Å². The van der Waals surface area contributed by atoms with Crippen molar-refractivity contribution in [2.75, 3.05) is 0 Å². The molecule has 23 heavy (non-hydrogen) atoms.